The summed E-state index contributed by atoms with van der Waals surface area (Å²) in [5.74, 6) is 0.934. The number of hydrogen-bond acceptors (Lipinski definition) is 4. The summed E-state index contributed by atoms with van der Waals surface area (Å²) in [4.78, 5) is 21.5. The molecule has 0 saturated carbocycles. The Bertz CT molecular complexity index is 474. The van der Waals surface area contributed by atoms with Gasteiger partial charge in [0.25, 0.3) is 0 Å². The molecule has 13 heavy (non-hydrogen) atoms. The highest BCUT2D eigenvalue weighted by atomic mass is 16.1. The Morgan fingerprint density at radius 1 is 1.54 bits per heavy atom. The summed E-state index contributed by atoms with van der Waals surface area (Å²) in [6.07, 6.45) is 2.31. The molecule has 2 rings (SSSR count). The lowest BCUT2D eigenvalue weighted by atomic mass is 10.3. The molecule has 0 bridgehead atoms. The average molecular weight is 176 g/mol. The van der Waals surface area contributed by atoms with E-state index in [1.807, 2.05) is 0 Å². The third-order valence-electron chi connectivity index (χ3n) is 1.82. The topological polar surface area (TPSA) is 84.7 Å². The van der Waals surface area contributed by atoms with Gasteiger partial charge in [0.15, 0.2) is 12.1 Å². The van der Waals surface area contributed by atoms with Crippen molar-refractivity contribution in [3.8, 4) is 0 Å². The highest BCUT2D eigenvalue weighted by molar-refractivity contribution is 5.98. The molecule has 5 nitrogen and oxygen atoms in total. The Morgan fingerprint density at radius 3 is 3.00 bits per heavy atom. The average Bonchev–Trinajstić information content (AvgIpc) is 2.47. The second kappa shape index (κ2) is 2.55. The van der Waals surface area contributed by atoms with Crippen molar-refractivity contribution in [2.24, 2.45) is 0 Å². The predicted octanol–water partition coefficient (Wildman–Crippen LogP) is 0.661. The molecule has 0 amide bonds. The number of nitrogens with zero attached hydrogens (tertiary/aromatic N) is 2. The maximum Gasteiger partial charge on any atom is 0.153 e. The number of H-pyrrole nitrogens is 1. The fourth-order valence-corrected chi connectivity index (χ4v) is 1.25. The number of nitrogen functional groups attached to an aromatic ring is 1. The number of carbonyl (C=O) groups excluding carboxylic acids is 1. The van der Waals surface area contributed by atoms with Gasteiger partial charge in [-0.1, -0.05) is 0 Å². The lowest BCUT2D eigenvalue weighted by Crippen LogP contribution is -1.96. The molecular formula is C8H8N4O. The van der Waals surface area contributed by atoms with E-state index < -0.39 is 0 Å². The number of fused-ring (bicyclic) bond motifs is 1. The number of aldehydes is 1. The Hall–Kier alpha value is -1.91. The van der Waals surface area contributed by atoms with Gasteiger partial charge in [-0.25, -0.2) is 9.97 Å². The molecule has 0 aliphatic heterocycles. The maximum atomic E-state index is 10.6. The Morgan fingerprint density at radius 2 is 2.31 bits per heavy atom. The van der Waals surface area contributed by atoms with Crippen LogP contribution in [0.25, 0.3) is 11.0 Å². The first-order valence-corrected chi connectivity index (χ1v) is 3.78. The van der Waals surface area contributed by atoms with Crippen LogP contribution in [0.3, 0.4) is 0 Å². The SMILES string of the molecule is Cc1nc(N)c2[nH]cc(C=O)c2n1. The molecule has 0 unspecified atom stereocenters. The van der Waals surface area contributed by atoms with Crippen molar-refractivity contribution in [3.63, 3.8) is 0 Å². The number of nitrogens with one attached hydrogen (secondary N) is 1. The van der Waals surface area contributed by atoms with Crippen LogP contribution in [0.4, 0.5) is 5.82 Å². The van der Waals surface area contributed by atoms with Crippen molar-refractivity contribution >= 4 is 23.1 Å². The summed E-state index contributed by atoms with van der Waals surface area (Å²) in [7, 11) is 0. The van der Waals surface area contributed by atoms with Crippen molar-refractivity contribution in [1.82, 2.24) is 15.0 Å². The molecular weight excluding hydrogens is 168 g/mol. The van der Waals surface area contributed by atoms with Crippen molar-refractivity contribution in [1.29, 1.82) is 0 Å². The van der Waals surface area contributed by atoms with Crippen LogP contribution in [-0.4, -0.2) is 21.2 Å². The number of nitrogens with two attached hydrogens (primary N) is 1. The fourth-order valence-electron chi connectivity index (χ4n) is 1.25. The molecule has 0 aliphatic carbocycles. The molecule has 2 heterocycles. The van der Waals surface area contributed by atoms with E-state index in [1.165, 1.54) is 0 Å². The van der Waals surface area contributed by atoms with E-state index in [1.54, 1.807) is 13.1 Å². The molecule has 0 aromatic carbocycles. The fraction of sp³-hybridized carbons (Fsp3) is 0.125. The first-order valence-electron chi connectivity index (χ1n) is 3.78. The number of hydrogen-bond donors (Lipinski definition) is 2. The van der Waals surface area contributed by atoms with Crippen LogP contribution in [0.5, 0.6) is 0 Å². The highest BCUT2D eigenvalue weighted by Crippen LogP contribution is 2.18. The summed E-state index contributed by atoms with van der Waals surface area (Å²) in [6.45, 7) is 1.73. The Labute approximate surface area is 74.0 Å². The van der Waals surface area contributed by atoms with Gasteiger partial charge >= 0.3 is 0 Å². The van der Waals surface area contributed by atoms with Crippen LogP contribution in [0, 0.1) is 6.92 Å². The number of aryl methyl sites for hydroxylation is 1. The summed E-state index contributed by atoms with van der Waals surface area (Å²) < 4.78 is 0. The van der Waals surface area contributed by atoms with Crippen LogP contribution in [0.2, 0.25) is 0 Å². The van der Waals surface area contributed by atoms with Crippen molar-refractivity contribution in [3.05, 3.63) is 17.6 Å². The van der Waals surface area contributed by atoms with Gasteiger partial charge in [0.1, 0.15) is 16.9 Å². The van der Waals surface area contributed by atoms with E-state index in [0.29, 0.717) is 28.2 Å². The third kappa shape index (κ3) is 1.05. The molecule has 0 atom stereocenters. The summed E-state index contributed by atoms with van der Waals surface area (Å²) >= 11 is 0. The van der Waals surface area contributed by atoms with Crippen LogP contribution in [-0.2, 0) is 0 Å². The number of rotatable bonds is 1. The molecule has 2 aromatic rings. The zero-order chi connectivity index (χ0) is 9.42. The molecule has 0 fully saturated rings. The van der Waals surface area contributed by atoms with Gasteiger partial charge in [-0.2, -0.15) is 0 Å². The van der Waals surface area contributed by atoms with Crippen molar-refractivity contribution < 1.29 is 4.79 Å². The number of aromatic amines is 1. The summed E-state index contributed by atoms with van der Waals surface area (Å²) in [6, 6.07) is 0. The second-order valence-corrected chi connectivity index (χ2v) is 2.74. The first kappa shape index (κ1) is 7.72. The molecule has 0 radical (unpaired) electrons. The first-order chi connectivity index (χ1) is 6.22. The van der Waals surface area contributed by atoms with E-state index >= 15 is 0 Å². The van der Waals surface area contributed by atoms with Gasteiger partial charge in [0, 0.05) is 6.20 Å². The van der Waals surface area contributed by atoms with Gasteiger partial charge in [0.05, 0.1) is 5.56 Å². The molecule has 5 heteroatoms. The standard InChI is InChI=1S/C8H8N4O/c1-4-11-6-5(3-13)2-10-7(6)8(9)12-4/h2-3,10H,1H3,(H2,9,11,12). The normalized spacial score (nSPS) is 10.5. The molecule has 0 aliphatic rings. The molecule has 2 aromatic heterocycles. The van der Waals surface area contributed by atoms with Gasteiger partial charge in [0.2, 0.25) is 0 Å². The van der Waals surface area contributed by atoms with Gasteiger partial charge in [-0.15, -0.1) is 0 Å². The predicted molar refractivity (Wildman–Crippen MR) is 48.4 cm³/mol. The monoisotopic (exact) mass is 176 g/mol. The summed E-state index contributed by atoms with van der Waals surface area (Å²) in [5.41, 5.74) is 7.34. The van der Waals surface area contributed by atoms with Gasteiger partial charge in [-0.3, -0.25) is 4.79 Å². The minimum absolute atomic E-state index is 0.371. The Kier molecular flexibility index (Phi) is 1.51. The third-order valence-corrected chi connectivity index (χ3v) is 1.82. The zero-order valence-electron chi connectivity index (χ0n) is 7.03. The van der Waals surface area contributed by atoms with E-state index in [0.717, 1.165) is 6.29 Å². The smallest absolute Gasteiger partial charge is 0.153 e. The lowest BCUT2D eigenvalue weighted by molar-refractivity contribution is 0.112. The Balaban J connectivity index is 2.89. The molecule has 3 N–H and O–H groups in total. The number of carbonyl (C=O) groups is 1. The highest BCUT2D eigenvalue weighted by Gasteiger charge is 2.08. The van der Waals surface area contributed by atoms with Crippen molar-refractivity contribution in [2.45, 2.75) is 6.92 Å². The number of aromatic nitrogens is 3. The van der Waals surface area contributed by atoms with Crippen LogP contribution < -0.4 is 5.73 Å². The number of anilines is 1. The molecule has 66 valence electrons. The minimum Gasteiger partial charge on any atom is -0.382 e. The minimum atomic E-state index is 0.371. The molecule has 0 saturated heterocycles. The zero-order valence-corrected chi connectivity index (χ0v) is 7.03. The van der Waals surface area contributed by atoms with E-state index in [9.17, 15) is 4.79 Å². The van der Waals surface area contributed by atoms with E-state index in [-0.39, 0.29) is 0 Å². The van der Waals surface area contributed by atoms with E-state index in [2.05, 4.69) is 15.0 Å². The van der Waals surface area contributed by atoms with Crippen molar-refractivity contribution in [2.75, 3.05) is 5.73 Å². The van der Waals surface area contributed by atoms with Gasteiger partial charge in [-0.05, 0) is 6.92 Å². The molecule has 0 spiro atoms. The second-order valence-electron chi connectivity index (χ2n) is 2.74. The van der Waals surface area contributed by atoms with E-state index in [4.69, 9.17) is 5.73 Å². The quantitative estimate of drug-likeness (QED) is 0.625. The van der Waals surface area contributed by atoms with Crippen LogP contribution in [0.1, 0.15) is 16.2 Å². The summed E-state index contributed by atoms with van der Waals surface area (Å²) in [5, 5.41) is 0. The van der Waals surface area contributed by atoms with Crippen LogP contribution >= 0.6 is 0 Å². The maximum absolute atomic E-state index is 10.6. The van der Waals surface area contributed by atoms with Crippen LogP contribution in [0.15, 0.2) is 6.20 Å². The van der Waals surface area contributed by atoms with Gasteiger partial charge < -0.3 is 10.7 Å². The largest absolute Gasteiger partial charge is 0.382 e. The lowest BCUT2D eigenvalue weighted by Gasteiger charge is -1.96.